The van der Waals surface area contributed by atoms with E-state index in [4.69, 9.17) is 10.5 Å². The van der Waals surface area contributed by atoms with Crippen molar-refractivity contribution in [2.75, 3.05) is 19.8 Å². The minimum Gasteiger partial charge on any atom is -0.491 e. The molecule has 0 amide bonds. The van der Waals surface area contributed by atoms with E-state index in [1.54, 1.807) is 0 Å². The Labute approximate surface area is 93.3 Å². The highest BCUT2D eigenvalue weighted by atomic mass is 19.1. The highest BCUT2D eigenvalue weighted by Crippen LogP contribution is 2.17. The summed E-state index contributed by atoms with van der Waals surface area (Å²) in [5.41, 5.74) is 6.71. The van der Waals surface area contributed by atoms with Crippen LogP contribution in [0, 0.1) is 0 Å². The third kappa shape index (κ3) is 2.42. The van der Waals surface area contributed by atoms with Gasteiger partial charge >= 0.3 is 5.96 Å². The topological polar surface area (TPSA) is 61.2 Å². The molecule has 1 atom stereocenters. The number of hydrogen-bond donors (Lipinski definition) is 3. The molecule has 1 aromatic rings. The van der Waals surface area contributed by atoms with Crippen LogP contribution in [0.25, 0.3) is 0 Å². The van der Waals surface area contributed by atoms with E-state index in [1.165, 1.54) is 0 Å². The molecule has 4 nitrogen and oxygen atoms in total. The summed E-state index contributed by atoms with van der Waals surface area (Å²) in [4.78, 5) is 3.02. The summed E-state index contributed by atoms with van der Waals surface area (Å²) in [5, 5.41) is 3.12. The van der Waals surface area contributed by atoms with Gasteiger partial charge in [-0.3, -0.25) is 16.0 Å². The molecular formula is C11H15FN3O+. The van der Waals surface area contributed by atoms with E-state index in [0.717, 1.165) is 12.1 Å². The van der Waals surface area contributed by atoms with Crippen molar-refractivity contribution >= 4 is 5.96 Å². The van der Waals surface area contributed by atoms with E-state index in [-0.39, 0.29) is 12.6 Å². The zero-order valence-corrected chi connectivity index (χ0v) is 8.87. The summed E-state index contributed by atoms with van der Waals surface area (Å²) < 4.78 is 17.0. The van der Waals surface area contributed by atoms with Crippen LogP contribution in [-0.4, -0.2) is 25.8 Å². The molecule has 16 heavy (non-hydrogen) atoms. The zero-order valence-electron chi connectivity index (χ0n) is 8.87. The third-order valence-electron chi connectivity index (χ3n) is 2.45. The van der Waals surface area contributed by atoms with E-state index in [9.17, 15) is 4.39 Å². The fourth-order valence-corrected chi connectivity index (χ4v) is 1.66. The predicted octanol–water partition coefficient (Wildman–Crippen LogP) is -0.925. The Balaban J connectivity index is 1.97. The SMILES string of the molecule is NC1=[NH+]CC(c2ccc(OCCF)cc2)N1. The van der Waals surface area contributed by atoms with Crippen molar-refractivity contribution in [2.24, 2.45) is 5.73 Å². The molecule has 4 N–H and O–H groups in total. The average Bonchev–Trinajstić information content (AvgIpc) is 2.74. The number of hydrogen-bond acceptors (Lipinski definition) is 3. The fourth-order valence-electron chi connectivity index (χ4n) is 1.66. The monoisotopic (exact) mass is 224 g/mol. The standard InChI is InChI=1S/C11H14FN3O/c12-5-6-16-9-3-1-8(2-4-9)10-7-14-11(13)15-10/h1-4,10H,5-7H2,(H3,13,14,15)/p+1. The van der Waals surface area contributed by atoms with Gasteiger partial charge in [-0.1, -0.05) is 12.1 Å². The van der Waals surface area contributed by atoms with Crippen molar-refractivity contribution in [1.29, 1.82) is 0 Å². The van der Waals surface area contributed by atoms with Crippen LogP contribution in [0.1, 0.15) is 11.6 Å². The Hall–Kier alpha value is -1.78. The van der Waals surface area contributed by atoms with Crippen molar-refractivity contribution in [3.8, 4) is 5.75 Å². The van der Waals surface area contributed by atoms with Gasteiger partial charge in [0.15, 0.2) is 0 Å². The lowest BCUT2D eigenvalue weighted by molar-refractivity contribution is -0.450. The van der Waals surface area contributed by atoms with E-state index in [2.05, 4.69) is 10.3 Å². The van der Waals surface area contributed by atoms with E-state index < -0.39 is 6.67 Å². The molecule has 86 valence electrons. The molecule has 1 aliphatic heterocycles. The van der Waals surface area contributed by atoms with Crippen LogP contribution in [0.2, 0.25) is 0 Å². The van der Waals surface area contributed by atoms with Crippen molar-refractivity contribution in [2.45, 2.75) is 6.04 Å². The van der Waals surface area contributed by atoms with Crippen LogP contribution in [-0.2, 0) is 0 Å². The van der Waals surface area contributed by atoms with Gasteiger partial charge in [0, 0.05) is 0 Å². The van der Waals surface area contributed by atoms with Gasteiger partial charge in [-0.15, -0.1) is 0 Å². The summed E-state index contributed by atoms with van der Waals surface area (Å²) in [6, 6.07) is 7.76. The quantitative estimate of drug-likeness (QED) is 0.619. The molecule has 0 bridgehead atoms. The van der Waals surface area contributed by atoms with E-state index in [0.29, 0.717) is 11.7 Å². The van der Waals surface area contributed by atoms with Crippen molar-refractivity contribution < 1.29 is 14.1 Å². The molecule has 0 spiro atoms. The molecule has 1 aromatic carbocycles. The second kappa shape index (κ2) is 4.83. The fraction of sp³-hybridized carbons (Fsp3) is 0.364. The van der Waals surface area contributed by atoms with Crippen LogP contribution in [0.4, 0.5) is 4.39 Å². The highest BCUT2D eigenvalue weighted by Gasteiger charge is 2.21. The second-order valence-electron chi connectivity index (χ2n) is 3.60. The number of guanidine groups is 1. The van der Waals surface area contributed by atoms with E-state index >= 15 is 0 Å². The molecule has 1 heterocycles. The Morgan fingerprint density at radius 3 is 2.75 bits per heavy atom. The Bertz CT molecular complexity index is 377. The first-order valence-corrected chi connectivity index (χ1v) is 5.21. The van der Waals surface area contributed by atoms with Crippen LogP contribution in [0.15, 0.2) is 24.3 Å². The van der Waals surface area contributed by atoms with Gasteiger partial charge in [-0.05, 0) is 17.7 Å². The highest BCUT2D eigenvalue weighted by molar-refractivity contribution is 5.73. The first kappa shape index (κ1) is 10.7. The second-order valence-corrected chi connectivity index (χ2v) is 3.60. The summed E-state index contributed by atoms with van der Waals surface area (Å²) in [5.74, 6) is 1.28. The first-order chi connectivity index (χ1) is 7.79. The smallest absolute Gasteiger partial charge is 0.341 e. The van der Waals surface area contributed by atoms with Crippen molar-refractivity contribution in [1.82, 2.24) is 5.32 Å². The normalized spacial score (nSPS) is 19.1. The first-order valence-electron chi connectivity index (χ1n) is 5.21. The molecule has 2 rings (SSSR count). The predicted molar refractivity (Wildman–Crippen MR) is 58.8 cm³/mol. The Morgan fingerprint density at radius 2 is 2.19 bits per heavy atom. The van der Waals surface area contributed by atoms with E-state index in [1.807, 2.05) is 24.3 Å². The van der Waals surface area contributed by atoms with Crippen LogP contribution >= 0.6 is 0 Å². The lowest BCUT2D eigenvalue weighted by atomic mass is 10.1. The Morgan fingerprint density at radius 1 is 1.44 bits per heavy atom. The molecular weight excluding hydrogens is 209 g/mol. The van der Waals surface area contributed by atoms with Gasteiger partial charge in [0.2, 0.25) is 0 Å². The molecule has 1 aliphatic rings. The molecule has 5 heteroatoms. The summed E-state index contributed by atoms with van der Waals surface area (Å²) in [6.45, 7) is 0.404. The van der Waals surface area contributed by atoms with Crippen molar-refractivity contribution in [3.05, 3.63) is 29.8 Å². The molecule has 1 unspecified atom stereocenters. The van der Waals surface area contributed by atoms with Gasteiger partial charge in [-0.25, -0.2) is 4.39 Å². The van der Waals surface area contributed by atoms with Gasteiger partial charge in [0.25, 0.3) is 0 Å². The maximum absolute atomic E-state index is 11.9. The van der Waals surface area contributed by atoms with Gasteiger partial charge in [0.1, 0.15) is 31.6 Å². The molecule has 0 aliphatic carbocycles. The maximum atomic E-state index is 11.9. The minimum absolute atomic E-state index is 0.101. The molecule has 0 aromatic heterocycles. The van der Waals surface area contributed by atoms with Gasteiger partial charge < -0.3 is 4.74 Å². The third-order valence-corrected chi connectivity index (χ3v) is 2.45. The summed E-state index contributed by atoms with van der Waals surface area (Å²) >= 11 is 0. The maximum Gasteiger partial charge on any atom is 0.341 e. The van der Waals surface area contributed by atoms with Crippen LogP contribution in [0.3, 0.4) is 0 Å². The number of nitrogens with one attached hydrogen (secondary N) is 2. The Kier molecular flexibility index (Phi) is 3.24. The zero-order chi connectivity index (χ0) is 11.4. The van der Waals surface area contributed by atoms with Crippen LogP contribution < -0.4 is 20.8 Å². The minimum atomic E-state index is -0.471. The molecule has 0 saturated heterocycles. The summed E-state index contributed by atoms with van der Waals surface area (Å²) in [7, 11) is 0. The number of nitrogens with two attached hydrogens (primary N) is 1. The van der Waals surface area contributed by atoms with Crippen LogP contribution in [0.5, 0.6) is 5.75 Å². The molecule has 0 radical (unpaired) electrons. The number of ether oxygens (including phenoxy) is 1. The van der Waals surface area contributed by atoms with Crippen molar-refractivity contribution in [3.63, 3.8) is 0 Å². The largest absolute Gasteiger partial charge is 0.491 e. The number of alkyl halides is 1. The van der Waals surface area contributed by atoms with Gasteiger partial charge in [-0.2, -0.15) is 0 Å². The average molecular weight is 224 g/mol. The number of benzene rings is 1. The molecule has 0 saturated carbocycles. The lowest BCUT2D eigenvalue weighted by Crippen LogP contribution is -2.73. The summed E-state index contributed by atoms with van der Waals surface area (Å²) in [6.07, 6.45) is 0. The van der Waals surface area contributed by atoms with Gasteiger partial charge in [0.05, 0.1) is 0 Å². The number of rotatable bonds is 4. The lowest BCUT2D eigenvalue weighted by Gasteiger charge is -2.08. The number of halogens is 1. The molecule has 0 fully saturated rings.